The molecule has 6 nitrogen and oxygen atoms in total. The largest absolute Gasteiger partial charge is 0.483 e. The number of carbonyl (C=O) groups is 1. The van der Waals surface area contributed by atoms with Crippen molar-refractivity contribution >= 4 is 23.4 Å². The number of benzene rings is 2. The van der Waals surface area contributed by atoms with Gasteiger partial charge in [0.2, 0.25) is 5.91 Å². The van der Waals surface area contributed by atoms with Crippen LogP contribution >= 0.6 is 11.8 Å². The number of anilines is 1. The topological polar surface area (TPSA) is 69.0 Å². The third-order valence-electron chi connectivity index (χ3n) is 4.49. The predicted molar refractivity (Wildman–Crippen MR) is 116 cm³/mol. The highest BCUT2D eigenvalue weighted by Gasteiger charge is 2.17. The molecule has 0 spiro atoms. The second-order valence-electron chi connectivity index (χ2n) is 6.67. The molecule has 0 radical (unpaired) electrons. The van der Waals surface area contributed by atoms with E-state index >= 15 is 0 Å². The SMILES string of the molecule is CCc1ccc(O[C@@H](C)c2nnc(SCCC(=O)Nc3ccccc3)n2C)cc1. The Bertz CT molecular complexity index is 926. The van der Waals surface area contributed by atoms with Crippen LogP contribution in [0, 0.1) is 0 Å². The zero-order chi connectivity index (χ0) is 20.6. The molecule has 0 unspecified atom stereocenters. The van der Waals surface area contributed by atoms with Gasteiger partial charge in [-0.15, -0.1) is 10.2 Å². The van der Waals surface area contributed by atoms with Gasteiger partial charge in [0.25, 0.3) is 0 Å². The van der Waals surface area contributed by atoms with E-state index in [1.165, 1.54) is 17.3 Å². The van der Waals surface area contributed by atoms with E-state index in [9.17, 15) is 4.79 Å². The van der Waals surface area contributed by atoms with E-state index in [1.807, 2.05) is 61.0 Å². The van der Waals surface area contributed by atoms with Crippen LogP contribution < -0.4 is 10.1 Å². The summed E-state index contributed by atoms with van der Waals surface area (Å²) in [4.78, 5) is 12.1. The fourth-order valence-electron chi connectivity index (χ4n) is 2.85. The molecule has 152 valence electrons. The molecule has 1 N–H and O–H groups in total. The molecule has 0 aliphatic rings. The normalized spacial score (nSPS) is 11.8. The average molecular weight is 411 g/mol. The molecule has 1 aromatic heterocycles. The lowest BCUT2D eigenvalue weighted by molar-refractivity contribution is -0.115. The van der Waals surface area contributed by atoms with Crippen LogP contribution in [0.1, 0.15) is 37.8 Å². The standard InChI is InChI=1S/C22H26N4O2S/c1-4-17-10-12-19(13-11-17)28-16(2)21-24-25-22(26(21)3)29-15-14-20(27)23-18-8-6-5-7-9-18/h5-13,16H,4,14-15H2,1-3H3,(H,23,27)/t16-/m0/s1. The van der Waals surface area contributed by atoms with Crippen molar-refractivity contribution in [2.75, 3.05) is 11.1 Å². The van der Waals surface area contributed by atoms with E-state index in [1.54, 1.807) is 0 Å². The number of amides is 1. The van der Waals surface area contributed by atoms with Gasteiger partial charge in [0.1, 0.15) is 5.75 Å². The van der Waals surface area contributed by atoms with E-state index in [2.05, 4.69) is 34.6 Å². The van der Waals surface area contributed by atoms with E-state index in [0.29, 0.717) is 12.2 Å². The van der Waals surface area contributed by atoms with Gasteiger partial charge >= 0.3 is 0 Å². The van der Waals surface area contributed by atoms with E-state index in [0.717, 1.165) is 28.8 Å². The Morgan fingerprint density at radius 3 is 2.55 bits per heavy atom. The minimum absolute atomic E-state index is 0.0154. The molecule has 0 fully saturated rings. The molecule has 1 amide bonds. The number of carbonyl (C=O) groups excluding carboxylic acids is 1. The molecule has 1 heterocycles. The molecular formula is C22H26N4O2S. The Kier molecular flexibility index (Phi) is 7.30. The quantitative estimate of drug-likeness (QED) is 0.521. The lowest BCUT2D eigenvalue weighted by atomic mass is 10.2. The van der Waals surface area contributed by atoms with Gasteiger partial charge in [-0.3, -0.25) is 4.79 Å². The highest BCUT2D eigenvalue weighted by molar-refractivity contribution is 7.99. The van der Waals surface area contributed by atoms with Gasteiger partial charge in [-0.1, -0.05) is 49.0 Å². The fraction of sp³-hybridized carbons (Fsp3) is 0.318. The molecule has 2 aromatic carbocycles. The molecule has 29 heavy (non-hydrogen) atoms. The van der Waals surface area contributed by atoms with Gasteiger partial charge in [0, 0.05) is 24.9 Å². The first kappa shape index (κ1) is 20.9. The van der Waals surface area contributed by atoms with Crippen molar-refractivity contribution < 1.29 is 9.53 Å². The molecule has 7 heteroatoms. The minimum atomic E-state index is -0.226. The molecule has 3 aromatic rings. The maximum Gasteiger partial charge on any atom is 0.225 e. The molecule has 0 saturated carbocycles. The number of thioether (sulfide) groups is 1. The Balaban J connectivity index is 1.51. The molecule has 0 bridgehead atoms. The third-order valence-corrected chi connectivity index (χ3v) is 5.52. The van der Waals surface area contributed by atoms with Crippen molar-refractivity contribution in [1.82, 2.24) is 14.8 Å². The number of rotatable bonds is 9. The second kappa shape index (κ2) is 10.1. The number of hydrogen-bond acceptors (Lipinski definition) is 5. The third kappa shape index (κ3) is 5.84. The number of hydrogen-bond donors (Lipinski definition) is 1. The zero-order valence-electron chi connectivity index (χ0n) is 17.0. The van der Waals surface area contributed by atoms with Gasteiger partial charge in [-0.2, -0.15) is 0 Å². The summed E-state index contributed by atoms with van der Waals surface area (Å²) in [6.07, 6.45) is 1.18. The minimum Gasteiger partial charge on any atom is -0.483 e. The number of aryl methyl sites for hydroxylation is 1. The van der Waals surface area contributed by atoms with Crippen LogP contribution in [0.25, 0.3) is 0 Å². The Morgan fingerprint density at radius 1 is 1.14 bits per heavy atom. The average Bonchev–Trinajstić information content (AvgIpc) is 3.10. The summed E-state index contributed by atoms with van der Waals surface area (Å²) >= 11 is 1.51. The number of aromatic nitrogens is 3. The van der Waals surface area contributed by atoms with Crippen LogP contribution in [0.4, 0.5) is 5.69 Å². The van der Waals surface area contributed by atoms with Crippen molar-refractivity contribution in [2.24, 2.45) is 7.05 Å². The number of ether oxygens (including phenoxy) is 1. The summed E-state index contributed by atoms with van der Waals surface area (Å²) in [5.41, 5.74) is 2.08. The lowest BCUT2D eigenvalue weighted by Gasteiger charge is -2.14. The maximum absolute atomic E-state index is 12.1. The van der Waals surface area contributed by atoms with Crippen molar-refractivity contribution in [1.29, 1.82) is 0 Å². The van der Waals surface area contributed by atoms with Gasteiger partial charge < -0.3 is 14.6 Å². The first-order valence-electron chi connectivity index (χ1n) is 9.69. The van der Waals surface area contributed by atoms with Crippen molar-refractivity contribution in [2.45, 2.75) is 37.9 Å². The number of para-hydroxylation sites is 1. The summed E-state index contributed by atoms with van der Waals surface area (Å²) in [6, 6.07) is 17.6. The summed E-state index contributed by atoms with van der Waals surface area (Å²) in [6.45, 7) is 4.09. The van der Waals surface area contributed by atoms with Crippen LogP contribution in [0.15, 0.2) is 59.8 Å². The summed E-state index contributed by atoms with van der Waals surface area (Å²) in [7, 11) is 1.92. The predicted octanol–water partition coefficient (Wildman–Crippen LogP) is 4.64. The fourth-order valence-corrected chi connectivity index (χ4v) is 3.70. The van der Waals surface area contributed by atoms with Crippen molar-refractivity contribution in [3.63, 3.8) is 0 Å². The van der Waals surface area contributed by atoms with Gasteiger partial charge in [0.15, 0.2) is 17.1 Å². The highest BCUT2D eigenvalue weighted by atomic mass is 32.2. The monoisotopic (exact) mass is 410 g/mol. The molecule has 3 rings (SSSR count). The van der Waals surface area contributed by atoms with Crippen LogP contribution in [-0.2, 0) is 18.3 Å². The first-order valence-corrected chi connectivity index (χ1v) is 10.7. The molecule has 0 aliphatic carbocycles. The van der Waals surface area contributed by atoms with E-state index in [-0.39, 0.29) is 12.0 Å². The van der Waals surface area contributed by atoms with Crippen LogP contribution in [0.3, 0.4) is 0 Å². The van der Waals surface area contributed by atoms with E-state index < -0.39 is 0 Å². The van der Waals surface area contributed by atoms with Crippen molar-refractivity contribution in [3.8, 4) is 5.75 Å². The Hall–Kier alpha value is -2.80. The Labute approximate surface area is 175 Å². The zero-order valence-corrected chi connectivity index (χ0v) is 17.8. The first-order chi connectivity index (χ1) is 14.1. The van der Waals surface area contributed by atoms with Gasteiger partial charge in [0.05, 0.1) is 0 Å². The van der Waals surface area contributed by atoms with Gasteiger partial charge in [-0.25, -0.2) is 0 Å². The number of nitrogens with zero attached hydrogens (tertiary/aromatic N) is 3. The van der Waals surface area contributed by atoms with Crippen LogP contribution in [0.5, 0.6) is 5.75 Å². The van der Waals surface area contributed by atoms with Crippen LogP contribution in [-0.4, -0.2) is 26.4 Å². The lowest BCUT2D eigenvalue weighted by Crippen LogP contribution is -2.12. The van der Waals surface area contributed by atoms with Gasteiger partial charge in [-0.05, 0) is 43.2 Å². The molecule has 0 saturated heterocycles. The molecule has 0 aliphatic heterocycles. The summed E-state index contributed by atoms with van der Waals surface area (Å²) in [5, 5.41) is 12.2. The van der Waals surface area contributed by atoms with Crippen LogP contribution in [0.2, 0.25) is 0 Å². The smallest absolute Gasteiger partial charge is 0.225 e. The maximum atomic E-state index is 12.1. The summed E-state index contributed by atoms with van der Waals surface area (Å²) < 4.78 is 7.93. The molecular weight excluding hydrogens is 384 g/mol. The van der Waals surface area contributed by atoms with Crippen molar-refractivity contribution in [3.05, 3.63) is 66.0 Å². The second-order valence-corrected chi connectivity index (χ2v) is 7.73. The summed E-state index contributed by atoms with van der Waals surface area (Å²) in [5.74, 6) is 2.17. The van der Waals surface area contributed by atoms with E-state index in [4.69, 9.17) is 4.74 Å². The molecule has 1 atom stereocenters. The number of nitrogens with one attached hydrogen (secondary N) is 1. The highest BCUT2D eigenvalue weighted by Crippen LogP contribution is 2.24. The Morgan fingerprint density at radius 2 is 1.86 bits per heavy atom.